The predicted octanol–water partition coefficient (Wildman–Crippen LogP) is -0.0422. The molecular formula is C12H14N2O3S. The average Bonchev–Trinajstić information content (AvgIpc) is 2.84. The third kappa shape index (κ3) is 4.20. The second-order valence-corrected chi connectivity index (χ2v) is 4.21. The predicted molar refractivity (Wildman–Crippen MR) is 69.3 cm³/mol. The van der Waals surface area contributed by atoms with Crippen molar-refractivity contribution in [2.45, 2.75) is 6.42 Å². The quantitative estimate of drug-likeness (QED) is 0.669. The molecule has 0 atom stereocenters. The van der Waals surface area contributed by atoms with Gasteiger partial charge in [-0.05, 0) is 11.4 Å². The maximum Gasteiger partial charge on any atom is 0.263 e. The van der Waals surface area contributed by atoms with Crippen molar-refractivity contribution in [1.29, 1.82) is 0 Å². The average molecular weight is 266 g/mol. The minimum absolute atomic E-state index is 0.00462. The number of hydrogen-bond acceptors (Lipinski definition) is 4. The minimum Gasteiger partial charge on any atom is -0.395 e. The molecule has 1 heterocycles. The molecule has 5 nitrogen and oxygen atoms in total. The molecule has 2 amide bonds. The van der Waals surface area contributed by atoms with Crippen LogP contribution in [0.15, 0.2) is 11.4 Å². The molecule has 1 rings (SSSR count). The monoisotopic (exact) mass is 266 g/mol. The van der Waals surface area contributed by atoms with Crippen LogP contribution in [0.2, 0.25) is 0 Å². The van der Waals surface area contributed by atoms with Crippen molar-refractivity contribution in [1.82, 2.24) is 10.6 Å². The highest BCUT2D eigenvalue weighted by Gasteiger charge is 2.12. The molecule has 0 saturated carbocycles. The molecule has 3 N–H and O–H groups in total. The highest BCUT2D eigenvalue weighted by atomic mass is 32.1. The Labute approximate surface area is 109 Å². The third-order valence-electron chi connectivity index (χ3n) is 2.02. The molecule has 0 bridgehead atoms. The molecule has 1 aromatic rings. The van der Waals surface area contributed by atoms with Crippen molar-refractivity contribution in [3.05, 3.63) is 21.9 Å². The van der Waals surface area contributed by atoms with E-state index in [0.29, 0.717) is 16.9 Å². The Hall–Kier alpha value is -1.84. The van der Waals surface area contributed by atoms with Crippen LogP contribution in [-0.4, -0.2) is 37.1 Å². The van der Waals surface area contributed by atoms with Crippen LogP contribution < -0.4 is 10.6 Å². The van der Waals surface area contributed by atoms with Gasteiger partial charge in [-0.3, -0.25) is 9.59 Å². The fourth-order valence-electron chi connectivity index (χ4n) is 1.13. The maximum atomic E-state index is 11.8. The molecule has 0 aromatic carbocycles. The summed E-state index contributed by atoms with van der Waals surface area (Å²) in [6, 6.07) is 1.74. The van der Waals surface area contributed by atoms with E-state index in [-0.39, 0.29) is 25.0 Å². The van der Waals surface area contributed by atoms with Gasteiger partial charge in [0.15, 0.2) is 0 Å². The molecule has 96 valence electrons. The highest BCUT2D eigenvalue weighted by molar-refractivity contribution is 7.12. The third-order valence-corrected chi connectivity index (χ3v) is 2.93. The second kappa shape index (κ2) is 7.48. The lowest BCUT2D eigenvalue weighted by atomic mass is 10.2. The van der Waals surface area contributed by atoms with E-state index < -0.39 is 0 Å². The van der Waals surface area contributed by atoms with E-state index in [2.05, 4.69) is 22.5 Å². The Bertz CT molecular complexity index is 485. The number of nitrogens with one attached hydrogen (secondary N) is 2. The number of aliphatic hydroxyl groups excluding tert-OH is 1. The van der Waals surface area contributed by atoms with E-state index in [1.807, 2.05) is 0 Å². The molecule has 0 aliphatic rings. The van der Waals surface area contributed by atoms with Crippen LogP contribution in [0.4, 0.5) is 0 Å². The lowest BCUT2D eigenvalue weighted by Gasteiger charge is -2.02. The first-order chi connectivity index (χ1) is 8.69. The molecule has 1 aromatic heterocycles. The van der Waals surface area contributed by atoms with Gasteiger partial charge in [0.1, 0.15) is 4.88 Å². The summed E-state index contributed by atoms with van der Waals surface area (Å²) in [5.74, 6) is 5.00. The molecule has 0 spiro atoms. The Morgan fingerprint density at radius 2 is 2.28 bits per heavy atom. The zero-order valence-electron chi connectivity index (χ0n) is 9.95. The van der Waals surface area contributed by atoms with E-state index in [9.17, 15) is 9.59 Å². The number of likely N-dealkylation sites (N-methyl/N-ethyl adjacent to an activating group) is 1. The van der Waals surface area contributed by atoms with E-state index in [1.165, 1.54) is 18.4 Å². The standard InChI is InChI=1S/C12H14N2O3S/c1-13-10(16)8-14-12(17)11-9(5-7-18-11)4-2-3-6-15/h5,7,15H,3,6,8H2,1H3,(H,13,16)(H,14,17). The zero-order chi connectivity index (χ0) is 13.4. The van der Waals surface area contributed by atoms with Gasteiger partial charge in [0.05, 0.1) is 13.2 Å². The van der Waals surface area contributed by atoms with Crippen molar-refractivity contribution < 1.29 is 14.7 Å². The summed E-state index contributed by atoms with van der Waals surface area (Å²) in [6.07, 6.45) is 0.370. The van der Waals surface area contributed by atoms with Gasteiger partial charge in [0.2, 0.25) is 5.91 Å². The summed E-state index contributed by atoms with van der Waals surface area (Å²) in [4.78, 5) is 23.3. The number of amides is 2. The van der Waals surface area contributed by atoms with Crippen molar-refractivity contribution in [2.24, 2.45) is 0 Å². The summed E-state index contributed by atoms with van der Waals surface area (Å²) < 4.78 is 0. The Morgan fingerprint density at radius 1 is 1.50 bits per heavy atom. The van der Waals surface area contributed by atoms with Crippen LogP contribution in [0, 0.1) is 11.8 Å². The van der Waals surface area contributed by atoms with Crippen molar-refractivity contribution >= 4 is 23.2 Å². The Kier molecular flexibility index (Phi) is 5.91. The lowest BCUT2D eigenvalue weighted by molar-refractivity contribution is -0.119. The van der Waals surface area contributed by atoms with Gasteiger partial charge >= 0.3 is 0 Å². The topological polar surface area (TPSA) is 78.4 Å². The summed E-state index contributed by atoms with van der Waals surface area (Å²) in [6.45, 7) is -0.0634. The Morgan fingerprint density at radius 3 is 2.94 bits per heavy atom. The summed E-state index contributed by atoms with van der Waals surface area (Å²) >= 11 is 1.27. The van der Waals surface area contributed by atoms with Gasteiger partial charge in [0, 0.05) is 19.0 Å². The minimum atomic E-state index is -0.318. The molecule has 0 saturated heterocycles. The van der Waals surface area contributed by atoms with Gasteiger partial charge in [-0.2, -0.15) is 0 Å². The molecular weight excluding hydrogens is 252 g/mol. The number of thiophene rings is 1. The SMILES string of the molecule is CNC(=O)CNC(=O)c1sccc1C#CCCO. The smallest absolute Gasteiger partial charge is 0.263 e. The molecule has 0 aliphatic carbocycles. The first-order valence-corrected chi connectivity index (χ1v) is 6.23. The van der Waals surface area contributed by atoms with Crippen molar-refractivity contribution in [2.75, 3.05) is 20.2 Å². The number of aliphatic hydroxyl groups is 1. The molecule has 0 radical (unpaired) electrons. The highest BCUT2D eigenvalue weighted by Crippen LogP contribution is 2.15. The van der Waals surface area contributed by atoms with E-state index in [1.54, 1.807) is 11.4 Å². The van der Waals surface area contributed by atoms with Crippen LogP contribution in [0.1, 0.15) is 21.7 Å². The number of rotatable bonds is 4. The van der Waals surface area contributed by atoms with Gasteiger partial charge in [-0.1, -0.05) is 11.8 Å². The number of carbonyl (C=O) groups excluding carboxylic acids is 2. The van der Waals surface area contributed by atoms with Gasteiger partial charge in [0.25, 0.3) is 5.91 Å². The second-order valence-electron chi connectivity index (χ2n) is 3.29. The first kappa shape index (κ1) is 14.2. The molecule has 18 heavy (non-hydrogen) atoms. The largest absolute Gasteiger partial charge is 0.395 e. The number of hydrogen-bond donors (Lipinski definition) is 3. The normalized spacial score (nSPS) is 9.22. The van der Waals surface area contributed by atoms with Crippen LogP contribution in [0.5, 0.6) is 0 Å². The van der Waals surface area contributed by atoms with E-state index >= 15 is 0 Å². The summed E-state index contributed by atoms with van der Waals surface area (Å²) in [5.41, 5.74) is 0.614. The molecule has 0 fully saturated rings. The van der Waals surface area contributed by atoms with Gasteiger partial charge in [-0.25, -0.2) is 0 Å². The maximum absolute atomic E-state index is 11.8. The molecule has 0 aliphatic heterocycles. The Balaban J connectivity index is 2.67. The fraction of sp³-hybridized carbons (Fsp3) is 0.333. The molecule has 0 unspecified atom stereocenters. The first-order valence-electron chi connectivity index (χ1n) is 5.35. The number of carbonyl (C=O) groups is 2. The van der Waals surface area contributed by atoms with Crippen LogP contribution in [-0.2, 0) is 4.79 Å². The van der Waals surface area contributed by atoms with Crippen LogP contribution in [0.3, 0.4) is 0 Å². The van der Waals surface area contributed by atoms with Crippen molar-refractivity contribution in [3.8, 4) is 11.8 Å². The molecule has 6 heteroatoms. The van der Waals surface area contributed by atoms with Crippen LogP contribution >= 0.6 is 11.3 Å². The van der Waals surface area contributed by atoms with Gasteiger partial charge in [-0.15, -0.1) is 11.3 Å². The van der Waals surface area contributed by atoms with Gasteiger partial charge < -0.3 is 15.7 Å². The van der Waals surface area contributed by atoms with Crippen molar-refractivity contribution in [3.63, 3.8) is 0 Å². The van der Waals surface area contributed by atoms with E-state index in [4.69, 9.17) is 5.11 Å². The summed E-state index contributed by atoms with van der Waals surface area (Å²) in [5, 5.41) is 15.3. The lowest BCUT2D eigenvalue weighted by Crippen LogP contribution is -2.35. The summed E-state index contributed by atoms with van der Waals surface area (Å²) in [7, 11) is 1.51. The zero-order valence-corrected chi connectivity index (χ0v) is 10.8. The fourth-order valence-corrected chi connectivity index (χ4v) is 1.89. The van der Waals surface area contributed by atoms with E-state index in [0.717, 1.165) is 0 Å². The van der Waals surface area contributed by atoms with Crippen LogP contribution in [0.25, 0.3) is 0 Å².